The Morgan fingerprint density at radius 3 is 2.50 bits per heavy atom. The van der Waals surface area contributed by atoms with Gasteiger partial charge in [-0.25, -0.2) is 0 Å². The molecule has 0 fully saturated rings. The second-order valence-electron chi connectivity index (χ2n) is 6.48. The molecule has 0 aliphatic rings. The van der Waals surface area contributed by atoms with Crippen molar-refractivity contribution < 1.29 is 14.3 Å². The van der Waals surface area contributed by atoms with Gasteiger partial charge in [0.1, 0.15) is 23.9 Å². The average Bonchev–Trinajstić information content (AvgIpc) is 2.65. The highest BCUT2D eigenvalue weighted by Gasteiger charge is 2.18. The van der Waals surface area contributed by atoms with Crippen LogP contribution in [0.2, 0.25) is 0 Å². The van der Waals surface area contributed by atoms with Gasteiger partial charge in [0.15, 0.2) is 0 Å². The molecule has 0 aliphatic carbocycles. The maximum absolute atomic E-state index is 13.0. The number of para-hydroxylation sites is 1. The Kier molecular flexibility index (Phi) is 5.71. The van der Waals surface area contributed by atoms with Gasteiger partial charge in [0.25, 0.3) is 5.95 Å². The molecule has 136 valence electrons. The van der Waals surface area contributed by atoms with Gasteiger partial charge in [-0.3, -0.25) is 4.79 Å². The number of benzene rings is 2. The van der Waals surface area contributed by atoms with Crippen molar-refractivity contribution in [1.29, 1.82) is 0 Å². The van der Waals surface area contributed by atoms with Gasteiger partial charge in [-0.05, 0) is 17.7 Å². The molecule has 26 heavy (non-hydrogen) atoms. The Balaban J connectivity index is 1.96. The van der Waals surface area contributed by atoms with Crippen LogP contribution in [0.25, 0.3) is 22.1 Å². The number of aliphatic hydroxyl groups is 1. The first kappa shape index (κ1) is 18.2. The summed E-state index contributed by atoms with van der Waals surface area (Å²) in [6.45, 7) is 4.43. The monoisotopic (exact) mass is 353 g/mol. The summed E-state index contributed by atoms with van der Waals surface area (Å²) in [5.74, 6) is 0.128. The second kappa shape index (κ2) is 8.17. The number of aliphatic hydroxyl groups excluding tert-OH is 1. The molecule has 1 unspecified atom stereocenters. The summed E-state index contributed by atoms with van der Waals surface area (Å²) in [5.41, 5.74) is 1.40. The number of rotatable bonds is 7. The summed E-state index contributed by atoms with van der Waals surface area (Å²) in [6.07, 6.45) is -0.710. The van der Waals surface area contributed by atoms with Crippen molar-refractivity contribution in [1.82, 2.24) is 5.32 Å². The third-order valence-electron chi connectivity index (χ3n) is 4.00. The lowest BCUT2D eigenvalue weighted by Gasteiger charge is -2.16. The fourth-order valence-electron chi connectivity index (χ4n) is 2.68. The molecule has 1 atom stereocenters. The zero-order valence-corrected chi connectivity index (χ0v) is 14.9. The molecule has 1 aromatic heterocycles. The van der Waals surface area contributed by atoms with Crippen LogP contribution in [-0.2, 0) is 0 Å². The fourth-order valence-corrected chi connectivity index (χ4v) is 2.68. The molecule has 3 rings (SSSR count). The zero-order chi connectivity index (χ0) is 18.5. The first-order valence-electron chi connectivity index (χ1n) is 8.71. The highest BCUT2D eigenvalue weighted by Crippen LogP contribution is 2.30. The van der Waals surface area contributed by atoms with E-state index in [1.807, 2.05) is 44.2 Å². The van der Waals surface area contributed by atoms with Gasteiger partial charge in [-0.1, -0.05) is 56.3 Å². The maximum Gasteiger partial charge on any atom is 0.297 e. The Hall–Kier alpha value is -2.63. The van der Waals surface area contributed by atoms with E-state index in [0.717, 1.165) is 5.56 Å². The van der Waals surface area contributed by atoms with E-state index in [9.17, 15) is 9.90 Å². The molecule has 5 heteroatoms. The molecule has 0 bridgehead atoms. The third kappa shape index (κ3) is 4.12. The molecule has 2 aromatic carbocycles. The molecule has 0 radical (unpaired) electrons. The minimum Gasteiger partial charge on any atom is -0.462 e. The summed E-state index contributed by atoms with van der Waals surface area (Å²) < 4.78 is 11.6. The Labute approximate surface area is 152 Å². The topological polar surface area (TPSA) is 71.7 Å². The third-order valence-corrected chi connectivity index (χ3v) is 4.00. The van der Waals surface area contributed by atoms with Crippen molar-refractivity contribution in [3.05, 3.63) is 64.8 Å². The summed E-state index contributed by atoms with van der Waals surface area (Å²) in [6, 6.07) is 16.6. The quantitative estimate of drug-likeness (QED) is 0.682. The molecule has 3 aromatic rings. The smallest absolute Gasteiger partial charge is 0.297 e. The molecule has 0 saturated carbocycles. The van der Waals surface area contributed by atoms with Gasteiger partial charge in [0, 0.05) is 12.6 Å². The molecule has 0 amide bonds. The number of hydrogen-bond acceptors (Lipinski definition) is 5. The van der Waals surface area contributed by atoms with Crippen LogP contribution in [0.4, 0.5) is 0 Å². The average molecular weight is 353 g/mol. The van der Waals surface area contributed by atoms with Crippen LogP contribution in [0.1, 0.15) is 13.8 Å². The number of fused-ring (bicyclic) bond motifs is 1. The number of hydrogen-bond donors (Lipinski definition) is 2. The lowest BCUT2D eigenvalue weighted by Crippen LogP contribution is -2.35. The highest BCUT2D eigenvalue weighted by atomic mass is 16.6. The Bertz CT molecular complexity index is 918. The Morgan fingerprint density at radius 1 is 1.08 bits per heavy atom. The van der Waals surface area contributed by atoms with Crippen LogP contribution in [0, 0.1) is 0 Å². The first-order valence-corrected chi connectivity index (χ1v) is 8.71. The summed E-state index contributed by atoms with van der Waals surface area (Å²) >= 11 is 0. The van der Waals surface area contributed by atoms with E-state index in [2.05, 4.69) is 5.32 Å². The normalized spacial score (nSPS) is 12.5. The molecule has 2 N–H and O–H groups in total. The highest BCUT2D eigenvalue weighted by molar-refractivity contribution is 5.83. The van der Waals surface area contributed by atoms with Gasteiger partial charge in [0.05, 0.1) is 5.39 Å². The molecule has 0 aliphatic heterocycles. The van der Waals surface area contributed by atoms with Gasteiger partial charge in [-0.2, -0.15) is 0 Å². The molecule has 1 heterocycles. The van der Waals surface area contributed by atoms with Crippen LogP contribution >= 0.6 is 0 Å². The SMILES string of the molecule is CC(C)NCC(O)COc1oc2ccccc2c(=O)c1-c1ccccc1. The summed E-state index contributed by atoms with van der Waals surface area (Å²) in [5, 5.41) is 13.7. The van der Waals surface area contributed by atoms with E-state index in [1.165, 1.54) is 0 Å². The molecular formula is C21H23NO4. The van der Waals surface area contributed by atoms with Gasteiger partial charge < -0.3 is 19.6 Å². The van der Waals surface area contributed by atoms with Crippen molar-refractivity contribution in [3.8, 4) is 17.1 Å². The van der Waals surface area contributed by atoms with E-state index in [1.54, 1.807) is 24.3 Å². The van der Waals surface area contributed by atoms with Crippen molar-refractivity contribution in [2.24, 2.45) is 0 Å². The first-order chi connectivity index (χ1) is 12.6. The van der Waals surface area contributed by atoms with E-state index in [4.69, 9.17) is 9.15 Å². The lowest BCUT2D eigenvalue weighted by molar-refractivity contribution is 0.0914. The maximum atomic E-state index is 13.0. The summed E-state index contributed by atoms with van der Waals surface area (Å²) in [4.78, 5) is 13.0. The van der Waals surface area contributed by atoms with E-state index in [-0.39, 0.29) is 24.0 Å². The van der Waals surface area contributed by atoms with Crippen LogP contribution in [0.5, 0.6) is 5.95 Å². The van der Waals surface area contributed by atoms with Crippen molar-refractivity contribution in [2.45, 2.75) is 26.0 Å². The van der Waals surface area contributed by atoms with Gasteiger partial charge >= 0.3 is 0 Å². The van der Waals surface area contributed by atoms with Gasteiger partial charge in [-0.15, -0.1) is 0 Å². The zero-order valence-electron chi connectivity index (χ0n) is 14.9. The molecule has 5 nitrogen and oxygen atoms in total. The van der Waals surface area contributed by atoms with Crippen LogP contribution < -0.4 is 15.5 Å². The minimum absolute atomic E-state index is 0.0286. The van der Waals surface area contributed by atoms with Crippen LogP contribution in [0.3, 0.4) is 0 Å². The number of nitrogens with one attached hydrogen (secondary N) is 1. The van der Waals surface area contributed by atoms with Crippen molar-refractivity contribution >= 4 is 11.0 Å². The van der Waals surface area contributed by atoms with E-state index in [0.29, 0.717) is 23.1 Å². The van der Waals surface area contributed by atoms with E-state index >= 15 is 0 Å². The van der Waals surface area contributed by atoms with Crippen molar-refractivity contribution in [3.63, 3.8) is 0 Å². The predicted molar refractivity (Wildman–Crippen MR) is 103 cm³/mol. The van der Waals surface area contributed by atoms with Crippen molar-refractivity contribution in [2.75, 3.05) is 13.2 Å². The van der Waals surface area contributed by atoms with Gasteiger partial charge in [0.2, 0.25) is 5.43 Å². The standard InChI is InChI=1S/C21H23NO4/c1-14(2)22-12-16(23)13-25-21-19(15-8-4-3-5-9-15)20(24)17-10-6-7-11-18(17)26-21/h3-11,14,16,22-23H,12-13H2,1-2H3. The molecule has 0 spiro atoms. The number of ether oxygens (including phenoxy) is 1. The molecular weight excluding hydrogens is 330 g/mol. The van der Waals surface area contributed by atoms with Crippen LogP contribution in [-0.4, -0.2) is 30.4 Å². The lowest BCUT2D eigenvalue weighted by atomic mass is 10.1. The molecule has 0 saturated heterocycles. The Morgan fingerprint density at radius 2 is 1.77 bits per heavy atom. The largest absolute Gasteiger partial charge is 0.462 e. The predicted octanol–water partition coefficient (Wildman–Crippen LogP) is 3.20. The second-order valence-corrected chi connectivity index (χ2v) is 6.48. The van der Waals surface area contributed by atoms with Crippen LogP contribution in [0.15, 0.2) is 63.8 Å². The summed E-state index contributed by atoms with van der Waals surface area (Å²) in [7, 11) is 0. The fraction of sp³-hybridized carbons (Fsp3) is 0.286. The minimum atomic E-state index is -0.710. The van der Waals surface area contributed by atoms with E-state index < -0.39 is 6.10 Å².